The Morgan fingerprint density at radius 1 is 1.11 bits per heavy atom. The van der Waals surface area contributed by atoms with Crippen molar-refractivity contribution in [1.82, 2.24) is 19.7 Å². The lowest BCUT2D eigenvalue weighted by molar-refractivity contribution is 0.181. The molecule has 0 amide bonds. The van der Waals surface area contributed by atoms with Crippen molar-refractivity contribution in [3.63, 3.8) is 0 Å². The number of benzene rings is 1. The number of hydrogen-bond acceptors (Lipinski definition) is 5. The number of hydrogen-bond donors (Lipinski definition) is 0. The lowest BCUT2D eigenvalue weighted by atomic mass is 9.93. The summed E-state index contributed by atoms with van der Waals surface area (Å²) in [6.07, 6.45) is 6.64. The van der Waals surface area contributed by atoms with Crippen LogP contribution in [0.4, 0.5) is 0 Å². The van der Waals surface area contributed by atoms with Gasteiger partial charge >= 0.3 is 0 Å². The van der Waals surface area contributed by atoms with Gasteiger partial charge in [0.2, 0.25) is 5.76 Å². The van der Waals surface area contributed by atoms with Gasteiger partial charge in [-0.3, -0.25) is 4.98 Å². The highest BCUT2D eigenvalue weighted by Crippen LogP contribution is 2.33. The molecule has 6 heteroatoms. The molecule has 1 aliphatic heterocycles. The van der Waals surface area contributed by atoms with E-state index < -0.39 is 0 Å². The van der Waals surface area contributed by atoms with Crippen molar-refractivity contribution in [1.29, 1.82) is 0 Å². The fourth-order valence-electron chi connectivity index (χ4n) is 3.95. The fourth-order valence-corrected chi connectivity index (χ4v) is 3.95. The first-order chi connectivity index (χ1) is 13.3. The fraction of sp³-hybridized carbons (Fsp3) is 0.286. The number of para-hydroxylation sites is 1. The summed E-state index contributed by atoms with van der Waals surface area (Å²) in [5, 5.41) is 5.21. The van der Waals surface area contributed by atoms with E-state index >= 15 is 0 Å². The van der Waals surface area contributed by atoms with Crippen LogP contribution in [0.5, 0.6) is 0 Å². The van der Waals surface area contributed by atoms with E-state index in [2.05, 4.69) is 44.0 Å². The number of rotatable bonds is 4. The van der Waals surface area contributed by atoms with Crippen molar-refractivity contribution in [2.24, 2.45) is 5.92 Å². The van der Waals surface area contributed by atoms with Crippen LogP contribution < -0.4 is 0 Å². The lowest BCUT2D eigenvalue weighted by Crippen LogP contribution is -2.20. The standard InChI is InChI=1S/C21H20N4O2/c1-14-10-20(27-24-14)21-23-8-9-25(21)19-13-26-12-16(19)11-15-6-7-22-18-5-3-2-4-17(15)18/h2-10,16,19H,11-13H2,1H3/t16-,19+/m0/s1. The minimum atomic E-state index is 0.208. The van der Waals surface area contributed by atoms with Crippen molar-refractivity contribution in [3.05, 3.63) is 66.2 Å². The third kappa shape index (κ3) is 2.92. The predicted molar refractivity (Wildman–Crippen MR) is 101 cm³/mol. The molecule has 1 aliphatic rings. The van der Waals surface area contributed by atoms with Gasteiger partial charge in [-0.15, -0.1) is 0 Å². The molecule has 136 valence electrons. The Bertz CT molecular complexity index is 1080. The van der Waals surface area contributed by atoms with E-state index in [1.54, 1.807) is 0 Å². The molecule has 3 aromatic heterocycles. The van der Waals surface area contributed by atoms with Crippen LogP contribution in [-0.2, 0) is 11.2 Å². The topological polar surface area (TPSA) is 66.0 Å². The van der Waals surface area contributed by atoms with Gasteiger partial charge in [0.25, 0.3) is 0 Å². The number of fused-ring (bicyclic) bond motifs is 1. The molecular formula is C21H20N4O2. The van der Waals surface area contributed by atoms with Crippen LogP contribution in [0.3, 0.4) is 0 Å². The first-order valence-corrected chi connectivity index (χ1v) is 9.16. The molecule has 4 aromatic rings. The van der Waals surface area contributed by atoms with E-state index in [1.807, 2.05) is 37.6 Å². The van der Waals surface area contributed by atoms with Gasteiger partial charge in [-0.05, 0) is 31.0 Å². The van der Waals surface area contributed by atoms with Gasteiger partial charge in [0, 0.05) is 36.0 Å². The zero-order valence-corrected chi connectivity index (χ0v) is 15.1. The largest absolute Gasteiger partial charge is 0.379 e. The highest BCUT2D eigenvalue weighted by molar-refractivity contribution is 5.81. The summed E-state index contributed by atoms with van der Waals surface area (Å²) in [6, 6.07) is 12.5. The first kappa shape index (κ1) is 16.2. The summed E-state index contributed by atoms with van der Waals surface area (Å²) in [6.45, 7) is 3.31. The van der Waals surface area contributed by atoms with E-state index in [1.165, 1.54) is 10.9 Å². The zero-order valence-electron chi connectivity index (χ0n) is 15.1. The summed E-state index contributed by atoms with van der Waals surface area (Å²) in [5.41, 5.74) is 3.19. The molecule has 0 N–H and O–H groups in total. The van der Waals surface area contributed by atoms with Crippen LogP contribution in [0, 0.1) is 12.8 Å². The van der Waals surface area contributed by atoms with Crippen molar-refractivity contribution in [2.75, 3.05) is 13.2 Å². The average molecular weight is 360 g/mol. The summed E-state index contributed by atoms with van der Waals surface area (Å²) < 4.78 is 13.5. The van der Waals surface area contributed by atoms with Crippen LogP contribution in [0.25, 0.3) is 22.5 Å². The maximum Gasteiger partial charge on any atom is 0.202 e. The molecule has 0 radical (unpaired) electrons. The molecule has 2 atom stereocenters. The van der Waals surface area contributed by atoms with Gasteiger partial charge in [0.15, 0.2) is 5.82 Å². The summed E-state index contributed by atoms with van der Waals surface area (Å²) in [7, 11) is 0. The minimum absolute atomic E-state index is 0.208. The maximum atomic E-state index is 5.86. The lowest BCUT2D eigenvalue weighted by Gasteiger charge is -2.21. The van der Waals surface area contributed by atoms with Gasteiger partial charge in [0.05, 0.1) is 30.5 Å². The molecule has 1 fully saturated rings. The van der Waals surface area contributed by atoms with Gasteiger partial charge in [0.1, 0.15) is 0 Å². The zero-order chi connectivity index (χ0) is 18.2. The molecule has 0 saturated carbocycles. The molecule has 27 heavy (non-hydrogen) atoms. The SMILES string of the molecule is Cc1cc(-c2nccn2[C@@H]2COC[C@@H]2Cc2ccnc3ccccc23)on1. The molecule has 6 nitrogen and oxygen atoms in total. The molecule has 0 unspecified atom stereocenters. The van der Waals surface area contributed by atoms with E-state index in [0.29, 0.717) is 18.3 Å². The molecule has 0 spiro atoms. The Labute approximate surface area is 156 Å². The summed E-state index contributed by atoms with van der Waals surface area (Å²) >= 11 is 0. The monoisotopic (exact) mass is 360 g/mol. The van der Waals surface area contributed by atoms with E-state index in [9.17, 15) is 0 Å². The molecule has 5 rings (SSSR count). The minimum Gasteiger partial charge on any atom is -0.379 e. The van der Waals surface area contributed by atoms with Crippen molar-refractivity contribution < 1.29 is 9.26 Å². The van der Waals surface area contributed by atoms with E-state index in [-0.39, 0.29) is 6.04 Å². The molecule has 0 bridgehead atoms. The number of ether oxygens (including phenoxy) is 1. The number of nitrogens with zero attached hydrogens (tertiary/aromatic N) is 4. The van der Waals surface area contributed by atoms with Crippen molar-refractivity contribution in [2.45, 2.75) is 19.4 Å². The first-order valence-electron chi connectivity index (χ1n) is 9.16. The van der Waals surface area contributed by atoms with Gasteiger partial charge < -0.3 is 13.8 Å². The highest BCUT2D eigenvalue weighted by Gasteiger charge is 2.32. The van der Waals surface area contributed by atoms with E-state index in [0.717, 1.165) is 30.1 Å². The second kappa shape index (κ2) is 6.63. The number of aryl methyl sites for hydroxylation is 1. The Hall–Kier alpha value is -2.99. The third-order valence-corrected chi connectivity index (χ3v) is 5.26. The third-order valence-electron chi connectivity index (χ3n) is 5.26. The van der Waals surface area contributed by atoms with Gasteiger partial charge in [-0.25, -0.2) is 4.98 Å². The average Bonchev–Trinajstić information content (AvgIpc) is 3.42. The van der Waals surface area contributed by atoms with Gasteiger partial charge in [-0.2, -0.15) is 0 Å². The second-order valence-corrected chi connectivity index (χ2v) is 7.05. The van der Waals surface area contributed by atoms with Crippen LogP contribution in [-0.4, -0.2) is 32.9 Å². The summed E-state index contributed by atoms with van der Waals surface area (Å²) in [5.74, 6) is 1.85. The van der Waals surface area contributed by atoms with Gasteiger partial charge in [-0.1, -0.05) is 23.4 Å². The van der Waals surface area contributed by atoms with Crippen LogP contribution >= 0.6 is 0 Å². The van der Waals surface area contributed by atoms with Crippen molar-refractivity contribution in [3.8, 4) is 11.6 Å². The quantitative estimate of drug-likeness (QED) is 0.553. The summed E-state index contributed by atoms with van der Waals surface area (Å²) in [4.78, 5) is 8.98. The normalized spacial score (nSPS) is 19.7. The molecule has 1 aromatic carbocycles. The van der Waals surface area contributed by atoms with Crippen LogP contribution in [0.1, 0.15) is 17.3 Å². The highest BCUT2D eigenvalue weighted by atomic mass is 16.5. The van der Waals surface area contributed by atoms with E-state index in [4.69, 9.17) is 9.26 Å². The Morgan fingerprint density at radius 2 is 2.04 bits per heavy atom. The molecule has 4 heterocycles. The predicted octanol–water partition coefficient (Wildman–Crippen LogP) is 3.82. The Balaban J connectivity index is 1.47. The molecule has 1 saturated heterocycles. The Morgan fingerprint density at radius 3 is 2.93 bits per heavy atom. The van der Waals surface area contributed by atoms with Crippen LogP contribution in [0.2, 0.25) is 0 Å². The molecule has 0 aliphatic carbocycles. The van der Waals surface area contributed by atoms with Crippen molar-refractivity contribution >= 4 is 10.9 Å². The number of pyridine rings is 1. The second-order valence-electron chi connectivity index (χ2n) is 7.05. The van der Waals surface area contributed by atoms with Crippen LogP contribution in [0.15, 0.2) is 59.5 Å². The smallest absolute Gasteiger partial charge is 0.202 e. The Kier molecular flexibility index (Phi) is 3.98. The molecular weight excluding hydrogens is 340 g/mol. The number of aromatic nitrogens is 4. The maximum absolute atomic E-state index is 5.86. The number of imidazole rings is 1.